The highest BCUT2D eigenvalue weighted by atomic mass is 35.5. The molecule has 1 aliphatic rings. The zero-order valence-electron chi connectivity index (χ0n) is 20.7. The fraction of sp³-hybridized carbons (Fsp3) is 0.407. The summed E-state index contributed by atoms with van der Waals surface area (Å²) in [7, 11) is -3.40. The van der Waals surface area contributed by atoms with E-state index in [9.17, 15) is 17.9 Å². The van der Waals surface area contributed by atoms with Crippen molar-refractivity contribution < 1.29 is 22.3 Å². The Kier molecular flexibility index (Phi) is 8.55. The third-order valence-electron chi connectivity index (χ3n) is 6.63. The van der Waals surface area contributed by atoms with Crippen molar-refractivity contribution in [3.8, 4) is 11.3 Å². The molecule has 4 N–H and O–H groups in total. The number of benzene rings is 2. The number of halogens is 2. The maximum absolute atomic E-state index is 14.6. The van der Waals surface area contributed by atoms with Crippen LogP contribution >= 0.6 is 12.4 Å². The second-order valence-corrected chi connectivity index (χ2v) is 12.6. The minimum absolute atomic E-state index is 0. The van der Waals surface area contributed by atoms with E-state index in [4.69, 9.17) is 10.2 Å². The minimum atomic E-state index is -3.40. The highest BCUT2D eigenvalue weighted by molar-refractivity contribution is 7.91. The fourth-order valence-corrected chi connectivity index (χ4v) is 6.65. The van der Waals surface area contributed by atoms with Crippen molar-refractivity contribution in [1.82, 2.24) is 5.32 Å². The van der Waals surface area contributed by atoms with E-state index in [1.807, 2.05) is 12.1 Å². The van der Waals surface area contributed by atoms with Gasteiger partial charge in [-0.2, -0.15) is 0 Å². The van der Waals surface area contributed by atoms with Gasteiger partial charge in [-0.3, -0.25) is 0 Å². The first-order valence-corrected chi connectivity index (χ1v) is 13.6. The summed E-state index contributed by atoms with van der Waals surface area (Å²) in [6.07, 6.45) is 0.768. The van der Waals surface area contributed by atoms with Crippen molar-refractivity contribution >= 4 is 27.9 Å². The smallest absolute Gasteiger partial charge is 0.152 e. The zero-order chi connectivity index (χ0) is 25.4. The van der Waals surface area contributed by atoms with Crippen LogP contribution in [0, 0.1) is 11.7 Å². The maximum Gasteiger partial charge on any atom is 0.152 e. The largest absolute Gasteiger partial charge is 0.464 e. The second-order valence-electron chi connectivity index (χ2n) is 10.5. The van der Waals surface area contributed by atoms with Crippen molar-refractivity contribution in [2.45, 2.75) is 51.3 Å². The van der Waals surface area contributed by atoms with E-state index in [1.165, 1.54) is 17.9 Å². The Balaban J connectivity index is 0.00000361. The SMILES string of the molecule is CC(C)(C)c1cccc(CN[C@H]2CS(=O)(=O)C[C@@H](Cc3cc(F)c(N)c(-c4ccco4)c3)[C@@H]2O)c1.Cl. The molecule has 0 bridgehead atoms. The Bertz CT molecular complexity index is 1290. The average Bonchev–Trinajstić information content (AvgIpc) is 3.31. The monoisotopic (exact) mass is 536 g/mol. The summed E-state index contributed by atoms with van der Waals surface area (Å²) < 4.78 is 45.4. The van der Waals surface area contributed by atoms with Crippen LogP contribution in [0.15, 0.2) is 59.2 Å². The quantitative estimate of drug-likeness (QED) is 0.401. The van der Waals surface area contributed by atoms with Gasteiger partial charge in [0.2, 0.25) is 0 Å². The molecule has 1 aliphatic heterocycles. The highest BCUT2D eigenvalue weighted by Gasteiger charge is 2.39. The number of aliphatic hydroxyl groups is 1. The molecule has 1 aromatic heterocycles. The summed E-state index contributed by atoms with van der Waals surface area (Å²) in [5.41, 5.74) is 9.05. The Morgan fingerprint density at radius 2 is 1.86 bits per heavy atom. The normalized spacial score (nSPS) is 21.6. The van der Waals surface area contributed by atoms with E-state index < -0.39 is 33.7 Å². The van der Waals surface area contributed by atoms with Crippen molar-refractivity contribution in [1.29, 1.82) is 0 Å². The topological polar surface area (TPSA) is 106 Å². The van der Waals surface area contributed by atoms with Gasteiger partial charge in [0, 0.05) is 24.1 Å². The second kappa shape index (κ2) is 10.9. The van der Waals surface area contributed by atoms with E-state index in [0.29, 0.717) is 23.4 Å². The van der Waals surface area contributed by atoms with Gasteiger partial charge < -0.3 is 20.6 Å². The standard InChI is InChI=1S/C27H33FN2O4S.ClH/c1-27(2,3)20-7-4-6-17(11-20)14-30-23-16-35(32,33)15-19(26(23)31)10-18-12-21(24-8-5-9-34-24)25(29)22(28)13-18;/h4-9,11-13,19,23,26,30-31H,10,14-16,29H2,1-3H3;1H/t19-,23+,26+;/m1./s1. The van der Waals surface area contributed by atoms with Crippen LogP contribution < -0.4 is 11.1 Å². The van der Waals surface area contributed by atoms with Gasteiger partial charge in [0.15, 0.2) is 9.84 Å². The van der Waals surface area contributed by atoms with Crippen molar-refractivity contribution in [3.05, 3.63) is 77.3 Å². The van der Waals surface area contributed by atoms with Gasteiger partial charge >= 0.3 is 0 Å². The van der Waals surface area contributed by atoms with Crippen LogP contribution in [0.3, 0.4) is 0 Å². The molecule has 2 aromatic carbocycles. The molecule has 0 radical (unpaired) electrons. The summed E-state index contributed by atoms with van der Waals surface area (Å²) in [4.78, 5) is 0. The summed E-state index contributed by atoms with van der Waals surface area (Å²) in [5.74, 6) is -1.06. The molecular formula is C27H34ClFN2O4S. The van der Waals surface area contributed by atoms with E-state index >= 15 is 0 Å². The van der Waals surface area contributed by atoms with Gasteiger partial charge in [-0.05, 0) is 52.8 Å². The van der Waals surface area contributed by atoms with Gasteiger partial charge in [-0.15, -0.1) is 12.4 Å². The van der Waals surface area contributed by atoms with Crippen molar-refractivity contribution in [2.24, 2.45) is 5.92 Å². The van der Waals surface area contributed by atoms with Crippen molar-refractivity contribution in [2.75, 3.05) is 17.2 Å². The van der Waals surface area contributed by atoms with Gasteiger partial charge in [0.05, 0.1) is 29.6 Å². The van der Waals surface area contributed by atoms with Crippen LogP contribution in [0.2, 0.25) is 0 Å². The zero-order valence-corrected chi connectivity index (χ0v) is 22.3. The van der Waals surface area contributed by atoms with E-state index in [2.05, 4.69) is 38.2 Å². The number of aliphatic hydroxyl groups excluding tert-OH is 1. The highest BCUT2D eigenvalue weighted by Crippen LogP contribution is 2.32. The van der Waals surface area contributed by atoms with Gasteiger partial charge in [0.25, 0.3) is 0 Å². The molecule has 6 nitrogen and oxygen atoms in total. The van der Waals surface area contributed by atoms with E-state index in [1.54, 1.807) is 18.2 Å². The molecule has 2 heterocycles. The van der Waals surface area contributed by atoms with Gasteiger partial charge in [-0.1, -0.05) is 45.0 Å². The number of nitrogen functional groups attached to an aromatic ring is 1. The summed E-state index contributed by atoms with van der Waals surface area (Å²) in [5, 5.41) is 14.4. The van der Waals surface area contributed by atoms with Crippen LogP contribution in [0.4, 0.5) is 10.1 Å². The minimum Gasteiger partial charge on any atom is -0.464 e. The summed E-state index contributed by atoms with van der Waals surface area (Å²) in [6.45, 7) is 6.85. The molecule has 3 atom stereocenters. The molecule has 1 fully saturated rings. The molecule has 0 spiro atoms. The number of nitrogens with one attached hydrogen (secondary N) is 1. The molecule has 3 aromatic rings. The molecule has 1 saturated heterocycles. The van der Waals surface area contributed by atoms with Crippen LogP contribution in [0.5, 0.6) is 0 Å². The Morgan fingerprint density at radius 3 is 2.53 bits per heavy atom. The fourth-order valence-electron chi connectivity index (χ4n) is 4.68. The first-order chi connectivity index (χ1) is 16.4. The lowest BCUT2D eigenvalue weighted by atomic mass is 9.86. The third kappa shape index (κ3) is 6.48. The van der Waals surface area contributed by atoms with Crippen LogP contribution in [0.1, 0.15) is 37.5 Å². The van der Waals surface area contributed by atoms with Crippen LogP contribution in [-0.2, 0) is 28.2 Å². The molecule has 0 aliphatic carbocycles. The number of hydrogen-bond donors (Lipinski definition) is 3. The Morgan fingerprint density at radius 1 is 1.11 bits per heavy atom. The number of rotatable bonds is 6. The Hall–Kier alpha value is -2.39. The van der Waals surface area contributed by atoms with Gasteiger partial charge in [-0.25, -0.2) is 12.8 Å². The molecule has 196 valence electrons. The first-order valence-electron chi connectivity index (χ1n) is 11.8. The van der Waals surface area contributed by atoms with E-state index in [-0.39, 0.29) is 41.4 Å². The van der Waals surface area contributed by atoms with Gasteiger partial charge in [0.1, 0.15) is 11.6 Å². The number of anilines is 1. The molecule has 0 unspecified atom stereocenters. The average molecular weight is 537 g/mol. The molecule has 0 saturated carbocycles. The Labute approximate surface area is 218 Å². The van der Waals surface area contributed by atoms with Crippen molar-refractivity contribution in [3.63, 3.8) is 0 Å². The summed E-state index contributed by atoms with van der Waals surface area (Å²) >= 11 is 0. The number of sulfone groups is 1. The predicted octanol–water partition coefficient (Wildman–Crippen LogP) is 4.49. The van der Waals surface area contributed by atoms with Crippen LogP contribution in [-0.4, -0.2) is 37.2 Å². The molecule has 0 amide bonds. The lowest BCUT2D eigenvalue weighted by molar-refractivity contribution is 0.0781. The lowest BCUT2D eigenvalue weighted by Gasteiger charge is -2.35. The molecule has 9 heteroatoms. The third-order valence-corrected chi connectivity index (χ3v) is 8.43. The van der Waals surface area contributed by atoms with E-state index in [0.717, 1.165) is 5.56 Å². The summed E-state index contributed by atoms with van der Waals surface area (Å²) in [6, 6.07) is 13.9. The lowest BCUT2D eigenvalue weighted by Crippen LogP contribution is -2.54. The molecule has 4 rings (SSSR count). The molecular weight excluding hydrogens is 503 g/mol. The molecule has 36 heavy (non-hydrogen) atoms. The predicted molar refractivity (Wildman–Crippen MR) is 143 cm³/mol. The maximum atomic E-state index is 14.6. The number of hydrogen-bond acceptors (Lipinski definition) is 6. The van der Waals surface area contributed by atoms with Crippen LogP contribution in [0.25, 0.3) is 11.3 Å². The number of furan rings is 1. The number of nitrogens with two attached hydrogens (primary N) is 1. The first kappa shape index (κ1) is 28.2.